The molecule has 0 saturated heterocycles. The Morgan fingerprint density at radius 2 is 1.81 bits per heavy atom. The van der Waals surface area contributed by atoms with Crippen molar-refractivity contribution in [3.63, 3.8) is 0 Å². The Labute approximate surface area is 183 Å². The van der Waals surface area contributed by atoms with E-state index in [1.165, 1.54) is 0 Å². The molecule has 2 aromatic carbocycles. The van der Waals surface area contributed by atoms with Crippen molar-refractivity contribution >= 4 is 11.6 Å². The molecule has 1 unspecified atom stereocenters. The van der Waals surface area contributed by atoms with Gasteiger partial charge in [0.25, 0.3) is 5.89 Å². The van der Waals surface area contributed by atoms with E-state index in [1.54, 1.807) is 4.90 Å². The molecule has 0 saturated carbocycles. The van der Waals surface area contributed by atoms with E-state index in [-0.39, 0.29) is 12.1 Å². The van der Waals surface area contributed by atoms with Crippen molar-refractivity contribution in [3.8, 4) is 11.4 Å². The summed E-state index contributed by atoms with van der Waals surface area (Å²) in [5.41, 5.74) is 5.84. The summed E-state index contributed by atoms with van der Waals surface area (Å²) in [4.78, 5) is 19.4. The van der Waals surface area contributed by atoms with Crippen molar-refractivity contribution in [2.75, 3.05) is 6.54 Å². The molecule has 1 aliphatic rings. The molecule has 0 bridgehead atoms. The zero-order chi connectivity index (χ0) is 22.1. The molecule has 0 aliphatic carbocycles. The van der Waals surface area contributed by atoms with Gasteiger partial charge in [0.1, 0.15) is 0 Å². The molecule has 0 radical (unpaired) electrons. The number of benzene rings is 2. The molecule has 31 heavy (non-hydrogen) atoms. The minimum Gasteiger partial charge on any atom is -0.334 e. The lowest BCUT2D eigenvalue weighted by Crippen LogP contribution is -2.47. The average molecular weight is 417 g/mol. The van der Waals surface area contributed by atoms with Gasteiger partial charge in [-0.25, -0.2) is 4.79 Å². The average Bonchev–Trinajstić information content (AvgIpc) is 3.21. The fourth-order valence-corrected chi connectivity index (χ4v) is 3.89. The van der Waals surface area contributed by atoms with Gasteiger partial charge in [-0.2, -0.15) is 4.98 Å². The molecule has 0 spiro atoms. The number of carbonyl (C=O) groups is 1. The van der Waals surface area contributed by atoms with Crippen molar-refractivity contribution in [1.82, 2.24) is 20.4 Å². The molecule has 2 heterocycles. The third kappa shape index (κ3) is 4.24. The molecule has 0 fully saturated rings. The van der Waals surface area contributed by atoms with Gasteiger partial charge in [-0.05, 0) is 38.3 Å². The summed E-state index contributed by atoms with van der Waals surface area (Å²) in [7, 11) is 0. The van der Waals surface area contributed by atoms with Gasteiger partial charge < -0.3 is 9.84 Å². The molecule has 4 rings (SSSR count). The standard InChI is InChI=1S/C25H28N4O2/c1-15(2)14-29-18(5)21(22(26-25(29)30)19-11-9-16(3)10-12-19)24-27-23(28-31-24)20-8-6-7-17(4)13-20/h6-13,15,22H,14H2,1-5H3,(H,26,30). The molecule has 1 N–H and O–H groups in total. The second-order valence-electron chi connectivity index (χ2n) is 8.59. The predicted molar refractivity (Wildman–Crippen MR) is 121 cm³/mol. The van der Waals surface area contributed by atoms with Crippen LogP contribution >= 0.6 is 0 Å². The van der Waals surface area contributed by atoms with Crippen molar-refractivity contribution in [2.24, 2.45) is 5.92 Å². The Balaban J connectivity index is 1.82. The van der Waals surface area contributed by atoms with Crippen LogP contribution in [0.3, 0.4) is 0 Å². The van der Waals surface area contributed by atoms with Crippen LogP contribution in [-0.4, -0.2) is 27.6 Å². The zero-order valence-electron chi connectivity index (χ0n) is 18.6. The van der Waals surface area contributed by atoms with Gasteiger partial charge >= 0.3 is 6.03 Å². The maximum absolute atomic E-state index is 12.9. The first-order valence-electron chi connectivity index (χ1n) is 10.6. The fourth-order valence-electron chi connectivity index (χ4n) is 3.89. The van der Waals surface area contributed by atoms with Crippen molar-refractivity contribution in [1.29, 1.82) is 0 Å². The number of urea groups is 1. The molecule has 3 aromatic rings. The molecule has 1 aliphatic heterocycles. The minimum absolute atomic E-state index is 0.112. The molecular weight excluding hydrogens is 388 g/mol. The summed E-state index contributed by atoms with van der Waals surface area (Å²) in [6.07, 6.45) is 0. The Bertz CT molecular complexity index is 1130. The van der Waals surface area contributed by atoms with Gasteiger partial charge in [0.2, 0.25) is 5.82 Å². The van der Waals surface area contributed by atoms with Crippen LogP contribution < -0.4 is 5.32 Å². The van der Waals surface area contributed by atoms with Crippen molar-refractivity contribution in [3.05, 3.63) is 76.8 Å². The summed E-state index contributed by atoms with van der Waals surface area (Å²) >= 11 is 0. The Morgan fingerprint density at radius 1 is 1.06 bits per heavy atom. The molecule has 6 heteroatoms. The molecule has 1 aromatic heterocycles. The molecular formula is C25H28N4O2. The van der Waals surface area contributed by atoms with Gasteiger partial charge in [0.15, 0.2) is 0 Å². The maximum Gasteiger partial charge on any atom is 0.322 e. The highest BCUT2D eigenvalue weighted by molar-refractivity contribution is 5.86. The van der Waals surface area contributed by atoms with Crippen LogP contribution in [0.4, 0.5) is 4.79 Å². The number of rotatable bonds is 5. The third-order valence-electron chi connectivity index (χ3n) is 5.49. The van der Waals surface area contributed by atoms with Gasteiger partial charge in [-0.3, -0.25) is 4.90 Å². The number of hydrogen-bond acceptors (Lipinski definition) is 4. The van der Waals surface area contributed by atoms with Crippen LogP contribution in [0.1, 0.15) is 49.4 Å². The van der Waals surface area contributed by atoms with E-state index in [4.69, 9.17) is 9.51 Å². The highest BCUT2D eigenvalue weighted by Crippen LogP contribution is 2.37. The molecule has 2 amide bonds. The van der Waals surface area contributed by atoms with Gasteiger partial charge in [0.05, 0.1) is 11.6 Å². The summed E-state index contributed by atoms with van der Waals surface area (Å²) in [5.74, 6) is 1.28. The molecule has 6 nitrogen and oxygen atoms in total. The zero-order valence-corrected chi connectivity index (χ0v) is 18.6. The summed E-state index contributed by atoms with van der Waals surface area (Å²) in [5, 5.41) is 7.38. The summed E-state index contributed by atoms with van der Waals surface area (Å²) in [6, 6.07) is 15.7. The first-order chi connectivity index (χ1) is 14.8. The number of hydrogen-bond donors (Lipinski definition) is 1. The van der Waals surface area contributed by atoms with E-state index in [9.17, 15) is 4.79 Å². The first-order valence-corrected chi connectivity index (χ1v) is 10.6. The molecule has 160 valence electrons. The number of aromatic nitrogens is 2. The topological polar surface area (TPSA) is 71.3 Å². The van der Waals surface area contributed by atoms with Crippen LogP contribution in [0, 0.1) is 19.8 Å². The largest absolute Gasteiger partial charge is 0.334 e. The lowest BCUT2D eigenvalue weighted by Gasteiger charge is -2.36. The van der Waals surface area contributed by atoms with E-state index < -0.39 is 0 Å². The monoisotopic (exact) mass is 416 g/mol. The number of carbonyl (C=O) groups excluding carboxylic acids is 1. The van der Waals surface area contributed by atoms with Crippen LogP contribution in [0.5, 0.6) is 0 Å². The van der Waals surface area contributed by atoms with Crippen LogP contribution in [-0.2, 0) is 0 Å². The number of allylic oxidation sites excluding steroid dienone is 1. The fraction of sp³-hybridized carbons (Fsp3) is 0.320. The first kappa shape index (κ1) is 20.8. The van der Waals surface area contributed by atoms with Gasteiger partial charge in [0, 0.05) is 17.8 Å². The second-order valence-corrected chi connectivity index (χ2v) is 8.59. The molecule has 1 atom stereocenters. The number of amides is 2. The summed E-state index contributed by atoms with van der Waals surface area (Å²) in [6.45, 7) is 10.8. The number of nitrogens with one attached hydrogen (secondary N) is 1. The van der Waals surface area contributed by atoms with Crippen LogP contribution in [0.15, 0.2) is 58.8 Å². The number of aryl methyl sites for hydroxylation is 2. The highest BCUT2D eigenvalue weighted by atomic mass is 16.5. The van der Waals surface area contributed by atoms with Crippen molar-refractivity contribution in [2.45, 2.75) is 40.7 Å². The third-order valence-corrected chi connectivity index (χ3v) is 5.49. The van der Waals surface area contributed by atoms with Gasteiger partial charge in [-0.1, -0.05) is 72.6 Å². The van der Waals surface area contributed by atoms with Crippen molar-refractivity contribution < 1.29 is 9.32 Å². The summed E-state index contributed by atoms with van der Waals surface area (Å²) < 4.78 is 5.74. The normalized spacial score (nSPS) is 16.8. The minimum atomic E-state index is -0.359. The lowest BCUT2D eigenvalue weighted by molar-refractivity contribution is 0.199. The van der Waals surface area contributed by atoms with Gasteiger partial charge in [-0.15, -0.1) is 0 Å². The quantitative estimate of drug-likeness (QED) is 0.595. The SMILES string of the molecule is CC1=C(c2nc(-c3cccc(C)c3)no2)C(c2ccc(C)cc2)NC(=O)N1CC(C)C. The predicted octanol–water partition coefficient (Wildman–Crippen LogP) is 5.51. The highest BCUT2D eigenvalue weighted by Gasteiger charge is 2.35. The maximum atomic E-state index is 12.9. The van der Waals surface area contributed by atoms with E-state index in [2.05, 4.69) is 24.3 Å². The van der Waals surface area contributed by atoms with E-state index in [1.807, 2.05) is 69.3 Å². The van der Waals surface area contributed by atoms with Crippen LogP contribution in [0.2, 0.25) is 0 Å². The van der Waals surface area contributed by atoms with E-state index in [0.717, 1.165) is 33.5 Å². The second kappa shape index (κ2) is 8.38. The number of nitrogens with zero attached hydrogens (tertiary/aromatic N) is 3. The van der Waals surface area contributed by atoms with Crippen LogP contribution in [0.25, 0.3) is 17.0 Å². The Morgan fingerprint density at radius 3 is 2.48 bits per heavy atom. The Hall–Kier alpha value is -3.41. The lowest BCUT2D eigenvalue weighted by atomic mass is 9.94. The van der Waals surface area contributed by atoms with E-state index >= 15 is 0 Å². The Kier molecular flexibility index (Phi) is 5.63. The smallest absolute Gasteiger partial charge is 0.322 e. The van der Waals surface area contributed by atoms with E-state index in [0.29, 0.717) is 24.2 Å².